The van der Waals surface area contributed by atoms with Gasteiger partial charge in [-0.15, -0.1) is 0 Å². The molecule has 0 aliphatic rings. The van der Waals surface area contributed by atoms with E-state index in [1.165, 1.54) is 5.56 Å². The first-order valence-electron chi connectivity index (χ1n) is 5.57. The molecule has 0 atom stereocenters. The Hall–Kier alpha value is -1.61. The van der Waals surface area contributed by atoms with Crippen LogP contribution in [0.2, 0.25) is 0 Å². The van der Waals surface area contributed by atoms with Gasteiger partial charge in [0.05, 0.1) is 11.9 Å². The van der Waals surface area contributed by atoms with Crippen LogP contribution in [0.4, 0.5) is 0 Å². The van der Waals surface area contributed by atoms with Gasteiger partial charge in [-0.2, -0.15) is 5.10 Å². The Morgan fingerprint density at radius 3 is 2.69 bits per heavy atom. The van der Waals surface area contributed by atoms with Gasteiger partial charge in [0.2, 0.25) is 0 Å². The Labute approximate surface area is 96.3 Å². The minimum atomic E-state index is 0.948. The van der Waals surface area contributed by atoms with E-state index in [1.54, 1.807) is 0 Å². The molecule has 0 aliphatic heterocycles. The smallest absolute Gasteiger partial charge is 0.0645 e. The lowest BCUT2D eigenvalue weighted by atomic mass is 10.3. The Kier molecular flexibility index (Phi) is 3.37. The molecule has 0 radical (unpaired) electrons. The van der Waals surface area contributed by atoms with Gasteiger partial charge in [-0.1, -0.05) is 25.1 Å². The molecule has 2 rings (SSSR count). The Bertz CT molecular complexity index is 433. The van der Waals surface area contributed by atoms with E-state index >= 15 is 0 Å². The van der Waals surface area contributed by atoms with Crippen LogP contribution in [0.25, 0.3) is 5.69 Å². The summed E-state index contributed by atoms with van der Waals surface area (Å²) < 4.78 is 1.92. The molecule has 0 bridgehead atoms. The lowest BCUT2D eigenvalue weighted by Crippen LogP contribution is -2.16. The summed E-state index contributed by atoms with van der Waals surface area (Å²) in [5.74, 6) is 0. The molecule has 0 spiro atoms. The van der Waals surface area contributed by atoms with Crippen LogP contribution in [0.5, 0.6) is 0 Å². The first kappa shape index (κ1) is 10.9. The molecular formula is C13H17N3. The van der Waals surface area contributed by atoms with Crippen molar-refractivity contribution in [2.45, 2.75) is 13.5 Å². The lowest BCUT2D eigenvalue weighted by molar-refractivity contribution is 0.346. The van der Waals surface area contributed by atoms with Gasteiger partial charge >= 0.3 is 0 Å². The molecule has 84 valence electrons. The number of aromatic nitrogens is 2. The van der Waals surface area contributed by atoms with Crippen LogP contribution < -0.4 is 0 Å². The molecule has 0 saturated heterocycles. The molecule has 3 heteroatoms. The molecule has 1 aromatic heterocycles. The van der Waals surface area contributed by atoms with E-state index in [9.17, 15) is 0 Å². The maximum absolute atomic E-state index is 4.36. The fraction of sp³-hybridized carbons (Fsp3) is 0.308. The molecule has 2 aromatic rings. The molecule has 0 amide bonds. The molecule has 1 aromatic carbocycles. The SMILES string of the molecule is CCN(C)Cc1cnn(-c2ccccc2)c1. The lowest BCUT2D eigenvalue weighted by Gasteiger charge is -2.11. The Morgan fingerprint density at radius 2 is 2.00 bits per heavy atom. The largest absolute Gasteiger partial charge is 0.302 e. The highest BCUT2D eigenvalue weighted by Crippen LogP contribution is 2.08. The van der Waals surface area contributed by atoms with Crippen LogP contribution in [0.15, 0.2) is 42.7 Å². The van der Waals surface area contributed by atoms with Crippen molar-refractivity contribution in [1.82, 2.24) is 14.7 Å². The highest BCUT2D eigenvalue weighted by Gasteiger charge is 2.02. The van der Waals surface area contributed by atoms with Gasteiger partial charge < -0.3 is 4.90 Å². The van der Waals surface area contributed by atoms with E-state index in [0.29, 0.717) is 0 Å². The number of nitrogens with zero attached hydrogens (tertiary/aromatic N) is 3. The van der Waals surface area contributed by atoms with Gasteiger partial charge in [0, 0.05) is 18.3 Å². The van der Waals surface area contributed by atoms with Crippen molar-refractivity contribution < 1.29 is 0 Å². The fourth-order valence-corrected chi connectivity index (χ4v) is 1.59. The van der Waals surface area contributed by atoms with E-state index in [2.05, 4.69) is 42.3 Å². The van der Waals surface area contributed by atoms with Crippen LogP contribution in [-0.4, -0.2) is 28.3 Å². The third-order valence-electron chi connectivity index (χ3n) is 2.65. The first-order valence-corrected chi connectivity index (χ1v) is 5.57. The second-order valence-corrected chi connectivity index (χ2v) is 3.96. The van der Waals surface area contributed by atoms with Crippen LogP contribution >= 0.6 is 0 Å². The zero-order chi connectivity index (χ0) is 11.4. The van der Waals surface area contributed by atoms with Crippen molar-refractivity contribution in [2.75, 3.05) is 13.6 Å². The van der Waals surface area contributed by atoms with Crippen LogP contribution in [-0.2, 0) is 6.54 Å². The summed E-state index contributed by atoms with van der Waals surface area (Å²) >= 11 is 0. The summed E-state index contributed by atoms with van der Waals surface area (Å²) in [5.41, 5.74) is 2.35. The quantitative estimate of drug-likeness (QED) is 0.780. The van der Waals surface area contributed by atoms with Crippen LogP contribution in [0, 0.1) is 0 Å². The maximum atomic E-state index is 4.36. The molecule has 0 N–H and O–H groups in total. The summed E-state index contributed by atoms with van der Waals surface area (Å²) in [6, 6.07) is 10.2. The second kappa shape index (κ2) is 4.94. The molecule has 0 unspecified atom stereocenters. The molecule has 0 aliphatic carbocycles. The van der Waals surface area contributed by atoms with Crippen LogP contribution in [0.1, 0.15) is 12.5 Å². The zero-order valence-corrected chi connectivity index (χ0v) is 9.80. The minimum Gasteiger partial charge on any atom is -0.302 e. The maximum Gasteiger partial charge on any atom is 0.0645 e. The average molecular weight is 215 g/mol. The summed E-state index contributed by atoms with van der Waals surface area (Å²) in [7, 11) is 2.11. The van der Waals surface area contributed by atoms with Crippen molar-refractivity contribution in [3.05, 3.63) is 48.3 Å². The van der Waals surface area contributed by atoms with Gasteiger partial charge in [-0.05, 0) is 25.7 Å². The van der Waals surface area contributed by atoms with E-state index in [-0.39, 0.29) is 0 Å². The van der Waals surface area contributed by atoms with E-state index in [4.69, 9.17) is 0 Å². The van der Waals surface area contributed by atoms with E-state index in [0.717, 1.165) is 18.8 Å². The van der Waals surface area contributed by atoms with Gasteiger partial charge in [0.25, 0.3) is 0 Å². The van der Waals surface area contributed by atoms with Gasteiger partial charge in [0.1, 0.15) is 0 Å². The Balaban J connectivity index is 2.14. The summed E-state index contributed by atoms with van der Waals surface area (Å²) in [5, 5.41) is 4.36. The van der Waals surface area contributed by atoms with Crippen LogP contribution in [0.3, 0.4) is 0 Å². The van der Waals surface area contributed by atoms with Crippen molar-refractivity contribution in [2.24, 2.45) is 0 Å². The third-order valence-corrected chi connectivity index (χ3v) is 2.65. The normalized spacial score (nSPS) is 10.9. The number of hydrogen-bond donors (Lipinski definition) is 0. The molecule has 1 heterocycles. The van der Waals surface area contributed by atoms with Gasteiger partial charge in [-0.25, -0.2) is 4.68 Å². The first-order chi connectivity index (χ1) is 7.79. The van der Waals surface area contributed by atoms with Gasteiger partial charge in [0.15, 0.2) is 0 Å². The van der Waals surface area contributed by atoms with Crippen molar-refractivity contribution in [3.63, 3.8) is 0 Å². The second-order valence-electron chi connectivity index (χ2n) is 3.96. The minimum absolute atomic E-state index is 0.948. The predicted molar refractivity (Wildman–Crippen MR) is 65.6 cm³/mol. The predicted octanol–water partition coefficient (Wildman–Crippen LogP) is 2.32. The van der Waals surface area contributed by atoms with Gasteiger partial charge in [-0.3, -0.25) is 0 Å². The number of hydrogen-bond acceptors (Lipinski definition) is 2. The van der Waals surface area contributed by atoms with Crippen molar-refractivity contribution in [1.29, 1.82) is 0 Å². The standard InChI is InChI=1S/C13H17N3/c1-3-15(2)10-12-9-14-16(11-12)13-7-5-4-6-8-13/h4-9,11H,3,10H2,1-2H3. The molecule has 16 heavy (non-hydrogen) atoms. The average Bonchev–Trinajstić information content (AvgIpc) is 2.78. The summed E-state index contributed by atoms with van der Waals surface area (Å²) in [4.78, 5) is 2.26. The topological polar surface area (TPSA) is 21.1 Å². The Morgan fingerprint density at radius 1 is 1.25 bits per heavy atom. The highest BCUT2D eigenvalue weighted by atomic mass is 15.3. The summed E-state index contributed by atoms with van der Waals surface area (Å²) in [6.07, 6.45) is 4.01. The number of benzene rings is 1. The monoisotopic (exact) mass is 215 g/mol. The fourth-order valence-electron chi connectivity index (χ4n) is 1.59. The number of rotatable bonds is 4. The summed E-state index contributed by atoms with van der Waals surface area (Å²) in [6.45, 7) is 4.15. The molecule has 0 saturated carbocycles. The molecular weight excluding hydrogens is 198 g/mol. The van der Waals surface area contributed by atoms with Crippen molar-refractivity contribution >= 4 is 0 Å². The molecule has 0 fully saturated rings. The highest BCUT2D eigenvalue weighted by molar-refractivity contribution is 5.30. The third kappa shape index (κ3) is 2.49. The number of para-hydroxylation sites is 1. The van der Waals surface area contributed by atoms with Crippen molar-refractivity contribution in [3.8, 4) is 5.69 Å². The van der Waals surface area contributed by atoms with E-state index < -0.39 is 0 Å². The zero-order valence-electron chi connectivity index (χ0n) is 9.80. The molecule has 3 nitrogen and oxygen atoms in total. The van der Waals surface area contributed by atoms with E-state index in [1.807, 2.05) is 29.1 Å².